The van der Waals surface area contributed by atoms with Crippen LogP contribution in [0.3, 0.4) is 0 Å². The quantitative estimate of drug-likeness (QED) is 0.496. The Labute approximate surface area is 190 Å². The first-order valence-electron chi connectivity index (χ1n) is 10.4. The van der Waals surface area contributed by atoms with Gasteiger partial charge in [0.25, 0.3) is 5.91 Å². The average molecular weight is 443 g/mol. The van der Waals surface area contributed by atoms with Crippen LogP contribution >= 0.6 is 0 Å². The van der Waals surface area contributed by atoms with Crippen molar-refractivity contribution in [2.75, 3.05) is 18.5 Å². The summed E-state index contributed by atoms with van der Waals surface area (Å²) in [4.78, 5) is 25.5. The van der Waals surface area contributed by atoms with E-state index in [1.54, 1.807) is 54.9 Å². The first-order chi connectivity index (χ1) is 16.1. The van der Waals surface area contributed by atoms with E-state index in [9.17, 15) is 4.79 Å². The number of carbonyl (C=O) groups excluding carboxylic acids is 1. The van der Waals surface area contributed by atoms with Crippen LogP contribution in [-0.2, 0) is 0 Å². The highest BCUT2D eigenvalue weighted by Gasteiger charge is 2.20. The van der Waals surface area contributed by atoms with Crippen molar-refractivity contribution in [3.8, 4) is 28.9 Å². The summed E-state index contributed by atoms with van der Waals surface area (Å²) >= 11 is 0. The van der Waals surface area contributed by atoms with Crippen LogP contribution in [-0.4, -0.2) is 38.6 Å². The molecule has 33 heavy (non-hydrogen) atoms. The van der Waals surface area contributed by atoms with Gasteiger partial charge in [-0.1, -0.05) is 6.07 Å². The third kappa shape index (κ3) is 4.20. The highest BCUT2D eigenvalue weighted by Crippen LogP contribution is 2.34. The number of aromatic nitrogens is 4. The summed E-state index contributed by atoms with van der Waals surface area (Å²) < 4.78 is 18.9. The lowest BCUT2D eigenvalue weighted by atomic mass is 10.1. The number of hydrogen-bond donors (Lipinski definition) is 1. The van der Waals surface area contributed by atoms with Gasteiger partial charge in [0.2, 0.25) is 5.88 Å². The number of hydrogen-bond acceptors (Lipinski definition) is 7. The third-order valence-electron chi connectivity index (χ3n) is 5.27. The Morgan fingerprint density at radius 3 is 2.64 bits per heavy atom. The molecular formula is C24H21N5O4. The molecule has 0 spiro atoms. The first-order valence-corrected chi connectivity index (χ1v) is 10.4. The van der Waals surface area contributed by atoms with Crippen molar-refractivity contribution in [2.45, 2.75) is 13.8 Å². The molecule has 166 valence electrons. The molecule has 0 radical (unpaired) electrons. The van der Waals surface area contributed by atoms with Crippen molar-refractivity contribution in [1.29, 1.82) is 0 Å². The SMILES string of the molecule is Cc1ncn(-c2cc(Oc3ccc(NC(=O)c4cccc5c4OCCO5)cc3)ncn2)c1C. The Morgan fingerprint density at radius 2 is 1.85 bits per heavy atom. The number of nitrogens with zero attached hydrogens (tertiary/aromatic N) is 4. The molecule has 2 aromatic heterocycles. The molecule has 1 aliphatic heterocycles. The molecule has 9 nitrogen and oxygen atoms in total. The van der Waals surface area contributed by atoms with E-state index in [4.69, 9.17) is 14.2 Å². The first kappa shape index (κ1) is 20.5. The number of ether oxygens (including phenoxy) is 3. The number of anilines is 1. The molecule has 0 unspecified atom stereocenters. The van der Waals surface area contributed by atoms with Gasteiger partial charge in [-0.3, -0.25) is 9.36 Å². The van der Waals surface area contributed by atoms with Gasteiger partial charge in [-0.05, 0) is 50.2 Å². The van der Waals surface area contributed by atoms with E-state index in [0.717, 1.165) is 11.4 Å². The Morgan fingerprint density at radius 1 is 1.03 bits per heavy atom. The number of amides is 1. The zero-order chi connectivity index (χ0) is 22.8. The Balaban J connectivity index is 1.28. The van der Waals surface area contributed by atoms with Gasteiger partial charge in [0.15, 0.2) is 11.5 Å². The summed E-state index contributed by atoms with van der Waals surface area (Å²) in [5, 5.41) is 2.87. The van der Waals surface area contributed by atoms with Crippen LogP contribution in [0.15, 0.2) is 61.2 Å². The molecule has 5 rings (SSSR count). The highest BCUT2D eigenvalue weighted by molar-refractivity contribution is 6.06. The van der Waals surface area contributed by atoms with E-state index in [-0.39, 0.29) is 5.91 Å². The lowest BCUT2D eigenvalue weighted by Crippen LogP contribution is -2.20. The molecule has 3 heterocycles. The largest absolute Gasteiger partial charge is 0.486 e. The van der Waals surface area contributed by atoms with Crippen LogP contribution in [0.5, 0.6) is 23.1 Å². The number of benzene rings is 2. The van der Waals surface area contributed by atoms with Crippen LogP contribution in [0.1, 0.15) is 21.7 Å². The minimum Gasteiger partial charge on any atom is -0.486 e. The van der Waals surface area contributed by atoms with Gasteiger partial charge in [-0.2, -0.15) is 0 Å². The van der Waals surface area contributed by atoms with Crippen LogP contribution in [0.2, 0.25) is 0 Å². The number of rotatable bonds is 5. The topological polar surface area (TPSA) is 100 Å². The second kappa shape index (κ2) is 8.62. The molecule has 0 saturated carbocycles. The van der Waals surface area contributed by atoms with E-state index in [2.05, 4.69) is 20.3 Å². The maximum Gasteiger partial charge on any atom is 0.259 e. The zero-order valence-electron chi connectivity index (χ0n) is 18.1. The molecule has 1 amide bonds. The lowest BCUT2D eigenvalue weighted by Gasteiger charge is -2.20. The number of para-hydroxylation sites is 1. The number of fused-ring (bicyclic) bond motifs is 1. The van der Waals surface area contributed by atoms with E-state index in [1.807, 2.05) is 18.4 Å². The van der Waals surface area contributed by atoms with Crippen LogP contribution in [0, 0.1) is 13.8 Å². The predicted molar refractivity (Wildman–Crippen MR) is 121 cm³/mol. The molecule has 1 aliphatic rings. The van der Waals surface area contributed by atoms with Gasteiger partial charge in [0, 0.05) is 17.4 Å². The summed E-state index contributed by atoms with van der Waals surface area (Å²) in [6, 6.07) is 14.0. The lowest BCUT2D eigenvalue weighted by molar-refractivity contribution is 0.101. The number of aryl methyl sites for hydroxylation is 1. The zero-order valence-corrected chi connectivity index (χ0v) is 18.1. The number of nitrogens with one attached hydrogen (secondary N) is 1. The molecule has 1 N–H and O–H groups in total. The molecule has 2 aromatic carbocycles. The summed E-state index contributed by atoms with van der Waals surface area (Å²) in [6.07, 6.45) is 3.16. The van der Waals surface area contributed by atoms with Crippen molar-refractivity contribution in [2.24, 2.45) is 0 Å². The molecule has 9 heteroatoms. The van der Waals surface area contributed by atoms with Crippen LogP contribution in [0.4, 0.5) is 5.69 Å². The Hall–Kier alpha value is -4.40. The minimum absolute atomic E-state index is 0.280. The molecule has 4 aromatic rings. The van der Waals surface area contributed by atoms with Crippen molar-refractivity contribution in [1.82, 2.24) is 19.5 Å². The second-order valence-corrected chi connectivity index (χ2v) is 7.41. The fourth-order valence-electron chi connectivity index (χ4n) is 3.43. The van der Waals surface area contributed by atoms with Crippen molar-refractivity contribution in [3.05, 3.63) is 78.1 Å². The van der Waals surface area contributed by atoms with Crippen LogP contribution in [0.25, 0.3) is 5.82 Å². The maximum absolute atomic E-state index is 12.8. The van der Waals surface area contributed by atoms with Gasteiger partial charge >= 0.3 is 0 Å². The van der Waals surface area contributed by atoms with Crippen molar-refractivity contribution in [3.63, 3.8) is 0 Å². The van der Waals surface area contributed by atoms with Crippen molar-refractivity contribution < 1.29 is 19.0 Å². The normalized spacial score (nSPS) is 12.3. The van der Waals surface area contributed by atoms with E-state index < -0.39 is 0 Å². The Bertz CT molecular complexity index is 1320. The molecule has 0 atom stereocenters. The van der Waals surface area contributed by atoms with Gasteiger partial charge in [-0.15, -0.1) is 0 Å². The molecule has 0 aliphatic carbocycles. The van der Waals surface area contributed by atoms with E-state index >= 15 is 0 Å². The standard InChI is InChI=1S/C24H21N5O4/c1-15-16(2)29(14-27-15)21-12-22(26-13-25-21)33-18-8-6-17(7-9-18)28-24(30)19-4-3-5-20-23(19)32-11-10-31-20/h3-9,12-14H,10-11H2,1-2H3,(H,28,30). The number of imidazole rings is 1. The van der Waals surface area contributed by atoms with Gasteiger partial charge in [0.1, 0.15) is 37.4 Å². The third-order valence-corrected chi connectivity index (χ3v) is 5.27. The van der Waals surface area contributed by atoms with E-state index in [1.165, 1.54) is 6.33 Å². The second-order valence-electron chi connectivity index (χ2n) is 7.41. The summed E-state index contributed by atoms with van der Waals surface area (Å²) in [7, 11) is 0. The summed E-state index contributed by atoms with van der Waals surface area (Å²) in [5.41, 5.74) is 2.97. The molecule has 0 saturated heterocycles. The van der Waals surface area contributed by atoms with Gasteiger partial charge in [0.05, 0.1) is 11.3 Å². The fraction of sp³-hybridized carbons (Fsp3) is 0.167. The highest BCUT2D eigenvalue weighted by atomic mass is 16.6. The van der Waals surface area contributed by atoms with Gasteiger partial charge < -0.3 is 19.5 Å². The smallest absolute Gasteiger partial charge is 0.259 e. The molecule has 0 bridgehead atoms. The molecular weight excluding hydrogens is 422 g/mol. The average Bonchev–Trinajstić information content (AvgIpc) is 3.18. The molecule has 0 fully saturated rings. The van der Waals surface area contributed by atoms with E-state index in [0.29, 0.717) is 53.4 Å². The minimum atomic E-state index is -0.280. The monoisotopic (exact) mass is 443 g/mol. The Kier molecular flexibility index (Phi) is 5.35. The van der Waals surface area contributed by atoms with Gasteiger partial charge in [-0.25, -0.2) is 15.0 Å². The predicted octanol–water partition coefficient (Wildman–Crippen LogP) is 4.09. The number of carbonyl (C=O) groups is 1. The fourth-order valence-corrected chi connectivity index (χ4v) is 3.43. The van der Waals surface area contributed by atoms with Crippen LogP contribution < -0.4 is 19.5 Å². The summed E-state index contributed by atoms with van der Waals surface area (Å²) in [5.74, 6) is 2.39. The maximum atomic E-state index is 12.8. The van der Waals surface area contributed by atoms with Crippen molar-refractivity contribution >= 4 is 11.6 Å². The summed E-state index contributed by atoms with van der Waals surface area (Å²) in [6.45, 7) is 4.80.